The Balaban J connectivity index is 2.30. The Labute approximate surface area is 139 Å². The number of ketones is 1. The second-order valence-electron chi connectivity index (χ2n) is 5.94. The first-order valence-corrected chi connectivity index (χ1v) is 8.25. The van der Waals surface area contributed by atoms with E-state index in [9.17, 15) is 9.59 Å². The minimum absolute atomic E-state index is 0.0808. The number of alkyl carbamates (subject to hydrolysis) is 1. The lowest BCUT2D eigenvalue weighted by Crippen LogP contribution is -2.36. The van der Waals surface area contributed by atoms with E-state index in [2.05, 4.69) is 5.32 Å². The van der Waals surface area contributed by atoms with E-state index >= 15 is 0 Å². The molecule has 0 aromatic carbocycles. The van der Waals surface area contributed by atoms with Gasteiger partial charge < -0.3 is 19.5 Å². The van der Waals surface area contributed by atoms with E-state index in [-0.39, 0.29) is 18.3 Å². The van der Waals surface area contributed by atoms with Crippen LogP contribution in [0, 0.1) is 0 Å². The van der Waals surface area contributed by atoms with Crippen molar-refractivity contribution in [3.05, 3.63) is 33.9 Å². The van der Waals surface area contributed by atoms with E-state index in [1.165, 1.54) is 11.3 Å². The van der Waals surface area contributed by atoms with Crippen LogP contribution in [0.5, 0.6) is 0 Å². The summed E-state index contributed by atoms with van der Waals surface area (Å²) >= 11 is 1.43. The number of hydrogen-bond donors (Lipinski definition) is 1. The van der Waals surface area contributed by atoms with Crippen molar-refractivity contribution in [2.24, 2.45) is 0 Å². The molecule has 0 fully saturated rings. The van der Waals surface area contributed by atoms with Crippen LogP contribution in [0.1, 0.15) is 38.6 Å². The Kier molecular flexibility index (Phi) is 5.30. The lowest BCUT2D eigenvalue weighted by molar-refractivity contribution is -0.117. The van der Waals surface area contributed by atoms with Gasteiger partial charge in [-0.1, -0.05) is 6.07 Å². The summed E-state index contributed by atoms with van der Waals surface area (Å²) in [5.41, 5.74) is -0.308. The smallest absolute Gasteiger partial charge is 0.408 e. The number of Topliss-reactive ketones (excluding diaryl/α,β-unsaturated/α-hetero) is 1. The SMILES string of the molecule is CCOC1=C([C@@H](NC(=O)OC(C)(C)C)c2cccs2)C(=O)CO1. The fraction of sp³-hybridized carbons (Fsp3) is 0.500. The number of thiophene rings is 1. The Morgan fingerprint density at radius 2 is 2.22 bits per heavy atom. The van der Waals surface area contributed by atoms with Gasteiger partial charge in [-0.2, -0.15) is 0 Å². The third-order valence-electron chi connectivity index (χ3n) is 2.91. The molecule has 2 heterocycles. The molecule has 0 unspecified atom stereocenters. The van der Waals surface area contributed by atoms with Crippen molar-refractivity contribution < 1.29 is 23.8 Å². The van der Waals surface area contributed by atoms with Gasteiger partial charge in [-0.05, 0) is 39.1 Å². The van der Waals surface area contributed by atoms with Gasteiger partial charge in [0.25, 0.3) is 5.95 Å². The average Bonchev–Trinajstić information content (AvgIpc) is 3.05. The van der Waals surface area contributed by atoms with Crippen LogP contribution in [0.3, 0.4) is 0 Å². The largest absolute Gasteiger partial charge is 0.465 e. The zero-order chi connectivity index (χ0) is 17.0. The molecular formula is C16H21NO5S. The molecule has 1 aromatic heterocycles. The molecule has 1 aromatic rings. The molecule has 0 saturated carbocycles. The van der Waals surface area contributed by atoms with Crippen LogP contribution in [0.4, 0.5) is 4.79 Å². The quantitative estimate of drug-likeness (QED) is 0.892. The first kappa shape index (κ1) is 17.3. The third kappa shape index (κ3) is 4.48. The maximum atomic E-state index is 12.2. The van der Waals surface area contributed by atoms with Gasteiger partial charge in [0.1, 0.15) is 17.2 Å². The number of amides is 1. The van der Waals surface area contributed by atoms with E-state index in [0.29, 0.717) is 12.2 Å². The molecule has 1 aliphatic rings. The summed E-state index contributed by atoms with van der Waals surface area (Å²) in [7, 11) is 0. The van der Waals surface area contributed by atoms with E-state index in [1.807, 2.05) is 17.5 Å². The average molecular weight is 339 g/mol. The van der Waals surface area contributed by atoms with Crippen LogP contribution >= 0.6 is 11.3 Å². The van der Waals surface area contributed by atoms with Gasteiger partial charge in [-0.25, -0.2) is 4.79 Å². The number of hydrogen-bond acceptors (Lipinski definition) is 6. The van der Waals surface area contributed by atoms with E-state index in [4.69, 9.17) is 14.2 Å². The summed E-state index contributed by atoms with van der Waals surface area (Å²) in [5.74, 6) is -0.0325. The van der Waals surface area contributed by atoms with Crippen molar-refractivity contribution in [1.82, 2.24) is 5.32 Å². The van der Waals surface area contributed by atoms with Gasteiger partial charge in [0.2, 0.25) is 5.78 Å². The van der Waals surface area contributed by atoms with E-state index in [1.54, 1.807) is 27.7 Å². The maximum Gasteiger partial charge on any atom is 0.408 e. The summed E-state index contributed by atoms with van der Waals surface area (Å²) in [4.78, 5) is 25.2. The molecule has 126 valence electrons. The van der Waals surface area contributed by atoms with Crippen molar-refractivity contribution in [2.45, 2.75) is 39.3 Å². The van der Waals surface area contributed by atoms with Crippen molar-refractivity contribution in [3.8, 4) is 0 Å². The van der Waals surface area contributed by atoms with Crippen LogP contribution < -0.4 is 5.32 Å². The fourth-order valence-corrected chi connectivity index (χ4v) is 2.88. The summed E-state index contributed by atoms with van der Waals surface area (Å²) in [5, 5.41) is 4.62. The third-order valence-corrected chi connectivity index (χ3v) is 3.84. The highest BCUT2D eigenvalue weighted by Gasteiger charge is 2.36. The van der Waals surface area contributed by atoms with Crippen molar-refractivity contribution >= 4 is 23.2 Å². The van der Waals surface area contributed by atoms with Crippen LogP contribution in [0.15, 0.2) is 29.0 Å². The zero-order valence-corrected chi connectivity index (χ0v) is 14.5. The minimum atomic E-state index is -0.651. The highest BCUT2D eigenvalue weighted by Crippen LogP contribution is 2.33. The lowest BCUT2D eigenvalue weighted by atomic mass is 10.0. The van der Waals surface area contributed by atoms with Crippen LogP contribution in [0.25, 0.3) is 0 Å². The fourth-order valence-electron chi connectivity index (χ4n) is 2.10. The Bertz CT molecular complexity index is 600. The molecule has 0 saturated heterocycles. The minimum Gasteiger partial charge on any atom is -0.465 e. The highest BCUT2D eigenvalue weighted by molar-refractivity contribution is 7.10. The molecule has 1 N–H and O–H groups in total. The number of ether oxygens (including phenoxy) is 3. The standard InChI is InChI=1S/C16H21NO5S/c1-5-20-14-12(10(18)9-21-14)13(11-7-6-8-23-11)17-15(19)22-16(2,3)4/h6-8,13H,5,9H2,1-4H3,(H,17,19)/t13-/m0/s1. The Morgan fingerprint density at radius 3 is 2.78 bits per heavy atom. The Hall–Kier alpha value is -2.02. The molecule has 0 radical (unpaired) electrons. The maximum absolute atomic E-state index is 12.2. The van der Waals surface area contributed by atoms with E-state index in [0.717, 1.165) is 4.88 Å². The Morgan fingerprint density at radius 1 is 1.48 bits per heavy atom. The van der Waals surface area contributed by atoms with Crippen molar-refractivity contribution in [1.29, 1.82) is 0 Å². The summed E-state index contributed by atoms with van der Waals surface area (Å²) in [6, 6.07) is 3.04. The van der Waals surface area contributed by atoms with Gasteiger partial charge in [-0.3, -0.25) is 4.79 Å². The monoisotopic (exact) mass is 339 g/mol. The molecule has 2 rings (SSSR count). The number of carbonyl (C=O) groups is 2. The van der Waals surface area contributed by atoms with Gasteiger partial charge >= 0.3 is 6.09 Å². The second-order valence-corrected chi connectivity index (χ2v) is 6.92. The number of carbonyl (C=O) groups excluding carboxylic acids is 2. The number of rotatable bonds is 5. The zero-order valence-electron chi connectivity index (χ0n) is 13.7. The second kappa shape index (κ2) is 7.04. The molecule has 0 bridgehead atoms. The molecule has 1 amide bonds. The van der Waals surface area contributed by atoms with Crippen LogP contribution in [-0.4, -0.2) is 30.7 Å². The van der Waals surface area contributed by atoms with Gasteiger partial charge in [0.15, 0.2) is 6.61 Å². The molecule has 7 heteroatoms. The van der Waals surface area contributed by atoms with Crippen LogP contribution in [0.2, 0.25) is 0 Å². The number of nitrogens with one attached hydrogen (secondary N) is 1. The van der Waals surface area contributed by atoms with Gasteiger partial charge in [0, 0.05) is 4.88 Å². The van der Waals surface area contributed by atoms with Crippen molar-refractivity contribution in [2.75, 3.05) is 13.2 Å². The molecule has 6 nitrogen and oxygen atoms in total. The molecule has 23 heavy (non-hydrogen) atoms. The molecule has 1 aliphatic heterocycles. The van der Waals surface area contributed by atoms with Crippen molar-refractivity contribution in [3.63, 3.8) is 0 Å². The predicted molar refractivity (Wildman–Crippen MR) is 86.0 cm³/mol. The van der Waals surface area contributed by atoms with E-state index < -0.39 is 17.7 Å². The van der Waals surface area contributed by atoms with Crippen LogP contribution in [-0.2, 0) is 19.0 Å². The molecule has 0 spiro atoms. The normalized spacial score (nSPS) is 16.1. The highest BCUT2D eigenvalue weighted by atomic mass is 32.1. The van der Waals surface area contributed by atoms with Gasteiger partial charge in [-0.15, -0.1) is 11.3 Å². The summed E-state index contributed by atoms with van der Waals surface area (Å²) in [6.45, 7) is 7.43. The first-order chi connectivity index (χ1) is 10.8. The summed E-state index contributed by atoms with van der Waals surface area (Å²) in [6.07, 6.45) is -0.598. The predicted octanol–water partition coefficient (Wildman–Crippen LogP) is 3.16. The summed E-state index contributed by atoms with van der Waals surface area (Å²) < 4.78 is 16.0. The lowest BCUT2D eigenvalue weighted by Gasteiger charge is -2.23. The molecular weight excluding hydrogens is 318 g/mol. The first-order valence-electron chi connectivity index (χ1n) is 7.37. The molecule has 1 atom stereocenters. The topological polar surface area (TPSA) is 73.9 Å². The molecule has 0 aliphatic carbocycles. The van der Waals surface area contributed by atoms with Gasteiger partial charge in [0.05, 0.1) is 6.61 Å².